The van der Waals surface area contributed by atoms with Crippen molar-refractivity contribution >= 4 is 23.4 Å². The summed E-state index contributed by atoms with van der Waals surface area (Å²) in [7, 11) is 0. The molecule has 2 unspecified atom stereocenters. The molecule has 31 heavy (non-hydrogen) atoms. The number of ether oxygens (including phenoxy) is 4. The van der Waals surface area contributed by atoms with Gasteiger partial charge in [0.2, 0.25) is 6.79 Å². The van der Waals surface area contributed by atoms with Gasteiger partial charge in [-0.3, -0.25) is 4.79 Å². The fourth-order valence-corrected chi connectivity index (χ4v) is 5.00. The topological polar surface area (TPSA) is 83.1 Å². The van der Waals surface area contributed by atoms with Gasteiger partial charge >= 0.3 is 5.97 Å². The monoisotopic (exact) mass is 445 g/mol. The van der Waals surface area contributed by atoms with Crippen molar-refractivity contribution in [3.05, 3.63) is 45.3 Å². The van der Waals surface area contributed by atoms with Gasteiger partial charge in [-0.05, 0) is 44.2 Å². The summed E-state index contributed by atoms with van der Waals surface area (Å²) in [5, 5.41) is 3.70. The highest BCUT2D eigenvalue weighted by atomic mass is 35.5. The summed E-state index contributed by atoms with van der Waals surface area (Å²) in [6.07, 6.45) is 3.71. The Morgan fingerprint density at radius 2 is 2.03 bits per heavy atom. The van der Waals surface area contributed by atoms with Crippen LogP contribution in [0.3, 0.4) is 0 Å². The van der Waals surface area contributed by atoms with E-state index < -0.39 is 11.9 Å². The van der Waals surface area contributed by atoms with Gasteiger partial charge in [0.25, 0.3) is 0 Å². The number of rotatable bonds is 4. The molecule has 2 atom stereocenters. The smallest absolute Gasteiger partial charge is 0.336 e. The molecule has 0 radical (unpaired) electrons. The molecule has 1 saturated heterocycles. The Morgan fingerprint density at radius 1 is 1.23 bits per heavy atom. The fraction of sp³-hybridized carbons (Fsp3) is 0.478. The van der Waals surface area contributed by atoms with Gasteiger partial charge in [-0.25, -0.2) is 4.79 Å². The van der Waals surface area contributed by atoms with Crippen LogP contribution in [-0.4, -0.2) is 37.9 Å². The zero-order chi connectivity index (χ0) is 21.5. The maximum absolute atomic E-state index is 13.3. The first-order valence-corrected chi connectivity index (χ1v) is 11.0. The molecule has 1 aromatic rings. The molecule has 8 heteroatoms. The second kappa shape index (κ2) is 8.20. The third-order valence-corrected chi connectivity index (χ3v) is 6.55. The van der Waals surface area contributed by atoms with E-state index in [-0.39, 0.29) is 25.3 Å². The maximum atomic E-state index is 13.3. The number of esters is 1. The quantitative estimate of drug-likeness (QED) is 0.706. The third kappa shape index (κ3) is 3.70. The Morgan fingerprint density at radius 3 is 2.81 bits per heavy atom. The van der Waals surface area contributed by atoms with E-state index in [4.69, 9.17) is 30.5 Å². The Labute approximate surface area is 185 Å². The summed E-state index contributed by atoms with van der Waals surface area (Å²) in [6.45, 7) is 2.82. The van der Waals surface area contributed by atoms with Gasteiger partial charge in [0, 0.05) is 47.0 Å². The molecule has 3 heterocycles. The molecule has 0 bridgehead atoms. The molecule has 4 aliphatic rings. The van der Waals surface area contributed by atoms with Crippen molar-refractivity contribution < 1.29 is 28.5 Å². The molecule has 0 aromatic heterocycles. The molecule has 0 spiro atoms. The largest absolute Gasteiger partial charge is 0.459 e. The molecular formula is C23H24ClNO6. The van der Waals surface area contributed by atoms with Crippen molar-refractivity contribution in [2.45, 2.75) is 51.0 Å². The summed E-state index contributed by atoms with van der Waals surface area (Å²) in [6, 6.07) is 3.45. The highest BCUT2D eigenvalue weighted by Crippen LogP contribution is 2.48. The van der Waals surface area contributed by atoms with E-state index in [1.807, 2.05) is 6.92 Å². The van der Waals surface area contributed by atoms with Crippen molar-refractivity contribution in [3.63, 3.8) is 0 Å². The number of allylic oxidation sites excluding steroid dienone is 3. The van der Waals surface area contributed by atoms with Crippen LogP contribution in [0.2, 0.25) is 5.02 Å². The summed E-state index contributed by atoms with van der Waals surface area (Å²) in [4.78, 5) is 26.3. The number of halogens is 1. The first-order chi connectivity index (χ1) is 15.0. The van der Waals surface area contributed by atoms with Crippen LogP contribution in [0.15, 0.2) is 34.7 Å². The van der Waals surface area contributed by atoms with Crippen LogP contribution in [0, 0.1) is 0 Å². The lowest BCUT2D eigenvalue weighted by atomic mass is 9.75. The van der Waals surface area contributed by atoms with Gasteiger partial charge in [0.05, 0.1) is 11.7 Å². The zero-order valence-corrected chi connectivity index (χ0v) is 18.0. The third-order valence-electron chi connectivity index (χ3n) is 6.22. The lowest BCUT2D eigenvalue weighted by Gasteiger charge is -2.34. The summed E-state index contributed by atoms with van der Waals surface area (Å²) in [5.41, 5.74) is 3.14. The number of ketones is 1. The zero-order valence-electron chi connectivity index (χ0n) is 17.3. The molecule has 1 fully saturated rings. The van der Waals surface area contributed by atoms with Crippen molar-refractivity contribution in [2.75, 3.05) is 20.0 Å². The molecule has 7 nitrogen and oxygen atoms in total. The molecule has 1 N–H and O–H groups in total. The van der Waals surface area contributed by atoms with Gasteiger partial charge in [-0.2, -0.15) is 0 Å². The highest BCUT2D eigenvalue weighted by molar-refractivity contribution is 6.32. The van der Waals surface area contributed by atoms with E-state index in [2.05, 4.69) is 5.32 Å². The number of hydrogen-bond donors (Lipinski definition) is 1. The predicted molar refractivity (Wildman–Crippen MR) is 112 cm³/mol. The van der Waals surface area contributed by atoms with Gasteiger partial charge in [-0.15, -0.1) is 0 Å². The van der Waals surface area contributed by atoms with E-state index in [0.29, 0.717) is 52.0 Å². The number of carbonyl (C=O) groups is 2. The number of hydrogen-bond acceptors (Lipinski definition) is 7. The van der Waals surface area contributed by atoms with Crippen molar-refractivity contribution in [1.82, 2.24) is 5.32 Å². The van der Waals surface area contributed by atoms with E-state index in [0.717, 1.165) is 31.4 Å². The van der Waals surface area contributed by atoms with Crippen LogP contribution in [0.25, 0.3) is 0 Å². The first-order valence-electron chi connectivity index (χ1n) is 10.6. The van der Waals surface area contributed by atoms with Crippen molar-refractivity contribution in [2.24, 2.45) is 0 Å². The van der Waals surface area contributed by atoms with E-state index >= 15 is 0 Å². The molecule has 1 aromatic carbocycles. The molecule has 0 saturated carbocycles. The van der Waals surface area contributed by atoms with Crippen molar-refractivity contribution in [3.8, 4) is 11.5 Å². The van der Waals surface area contributed by atoms with E-state index in [1.54, 1.807) is 12.1 Å². The second-order valence-electron chi connectivity index (χ2n) is 8.23. The minimum atomic E-state index is -0.622. The maximum Gasteiger partial charge on any atom is 0.336 e. The molecule has 5 rings (SSSR count). The number of dihydropyridines is 1. The van der Waals surface area contributed by atoms with Gasteiger partial charge in [-0.1, -0.05) is 11.6 Å². The number of benzene rings is 1. The number of Topliss-reactive ketones (excluding diaryl/α,β-unsaturated/α-hetero) is 1. The number of carbonyl (C=O) groups excluding carboxylic acids is 2. The Balaban J connectivity index is 1.55. The normalized spacial score (nSPS) is 24.9. The first kappa shape index (κ1) is 20.4. The summed E-state index contributed by atoms with van der Waals surface area (Å²) < 4.78 is 22.2. The lowest BCUT2D eigenvalue weighted by molar-refractivity contribution is -0.142. The minimum absolute atomic E-state index is 0.0180. The van der Waals surface area contributed by atoms with Crippen molar-refractivity contribution in [1.29, 1.82) is 0 Å². The van der Waals surface area contributed by atoms with Gasteiger partial charge in [0.15, 0.2) is 17.3 Å². The Hall–Kier alpha value is -2.51. The standard InChI is InChI=1S/C23H24ClNO6/c1-12-20(23(27)29-10-13-4-3-7-28-13)21(22-16(25-12)5-2-6-17(22)26)14-8-18-19(9-15(14)24)31-11-30-18/h8-9,13,21,25H,2-7,10-11H2,1H3. The SMILES string of the molecule is CC1=C(C(=O)OCC2CCCO2)C(c2cc3c(cc2Cl)OCO3)C2=C(CCCC2=O)N1. The van der Waals surface area contributed by atoms with Crippen LogP contribution in [-0.2, 0) is 19.1 Å². The molecule has 1 aliphatic carbocycles. The molecule has 164 valence electrons. The van der Waals surface area contributed by atoms with Crippen LogP contribution >= 0.6 is 11.6 Å². The highest BCUT2D eigenvalue weighted by Gasteiger charge is 2.41. The van der Waals surface area contributed by atoms with Crippen LogP contribution in [0.4, 0.5) is 0 Å². The van der Waals surface area contributed by atoms with Crippen LogP contribution in [0.1, 0.15) is 50.5 Å². The van der Waals surface area contributed by atoms with Crippen LogP contribution < -0.4 is 14.8 Å². The number of nitrogens with one attached hydrogen (secondary N) is 1. The molecule has 0 amide bonds. The van der Waals surface area contributed by atoms with Crippen LogP contribution in [0.5, 0.6) is 11.5 Å². The fourth-order valence-electron chi connectivity index (χ4n) is 4.74. The van der Waals surface area contributed by atoms with Gasteiger partial charge < -0.3 is 24.3 Å². The minimum Gasteiger partial charge on any atom is -0.459 e. The van der Waals surface area contributed by atoms with Gasteiger partial charge in [0.1, 0.15) is 6.61 Å². The summed E-state index contributed by atoms with van der Waals surface area (Å²) >= 11 is 6.63. The predicted octanol–water partition coefficient (Wildman–Crippen LogP) is 3.76. The average Bonchev–Trinajstić information content (AvgIpc) is 3.42. The number of fused-ring (bicyclic) bond motifs is 1. The Kier molecular flexibility index (Phi) is 5.40. The second-order valence-corrected chi connectivity index (χ2v) is 8.63. The lowest BCUT2D eigenvalue weighted by Crippen LogP contribution is -2.35. The Bertz CT molecular complexity index is 1010. The average molecular weight is 446 g/mol. The molecular weight excluding hydrogens is 422 g/mol. The van der Waals surface area contributed by atoms with E-state index in [1.165, 1.54) is 0 Å². The summed E-state index contributed by atoms with van der Waals surface area (Å²) in [5.74, 6) is 0.0275. The van der Waals surface area contributed by atoms with E-state index in [9.17, 15) is 9.59 Å². The molecule has 3 aliphatic heterocycles.